The van der Waals surface area contributed by atoms with Crippen molar-refractivity contribution in [2.75, 3.05) is 39.3 Å². The Labute approximate surface area is 173 Å². The first-order chi connectivity index (χ1) is 11.6. The van der Waals surface area contributed by atoms with Crippen molar-refractivity contribution in [2.45, 2.75) is 45.1 Å². The maximum absolute atomic E-state index is 10.6. The maximum Gasteiger partial charge on any atom is 0.191 e. The van der Waals surface area contributed by atoms with Crippen LogP contribution in [0.15, 0.2) is 22.5 Å². The zero-order chi connectivity index (χ0) is 17.3. The largest absolute Gasteiger partial charge is 0.383 e. The molecule has 1 unspecified atom stereocenters. The Kier molecular flexibility index (Phi) is 11.0. The zero-order valence-electron chi connectivity index (χ0n) is 15.5. The monoisotopic (exact) mass is 480 g/mol. The minimum Gasteiger partial charge on any atom is -0.383 e. The van der Waals surface area contributed by atoms with Crippen molar-refractivity contribution in [3.05, 3.63) is 22.4 Å². The zero-order valence-corrected chi connectivity index (χ0v) is 18.6. The third kappa shape index (κ3) is 8.23. The van der Waals surface area contributed by atoms with E-state index in [1.165, 1.54) is 38.9 Å². The summed E-state index contributed by atoms with van der Waals surface area (Å²) in [6, 6.07) is 3.92. The van der Waals surface area contributed by atoms with E-state index in [2.05, 4.69) is 27.4 Å². The fourth-order valence-electron chi connectivity index (χ4n) is 2.91. The summed E-state index contributed by atoms with van der Waals surface area (Å²) in [4.78, 5) is 8.06. The molecule has 0 bridgehead atoms. The maximum atomic E-state index is 10.6. The summed E-state index contributed by atoms with van der Waals surface area (Å²) >= 11 is 1.57. The highest BCUT2D eigenvalue weighted by Crippen LogP contribution is 2.25. The van der Waals surface area contributed by atoms with Gasteiger partial charge in [-0.1, -0.05) is 6.07 Å². The van der Waals surface area contributed by atoms with Crippen LogP contribution in [-0.4, -0.2) is 55.2 Å². The molecule has 5 nitrogen and oxygen atoms in total. The number of nitrogens with zero attached hydrogens (tertiary/aromatic N) is 2. The lowest BCUT2D eigenvalue weighted by molar-refractivity contribution is 0.0711. The van der Waals surface area contributed by atoms with Gasteiger partial charge in [-0.3, -0.25) is 0 Å². The standard InChI is InChI=1S/C18H32N4OS.HI/c1-3-19-17(20-10-4-5-11-22-12-6-7-13-22)21-15-18(2,23)16-9-8-14-24-16;/h8-9,14,23H,3-7,10-13,15H2,1-2H3,(H2,19,20,21);1H. The van der Waals surface area contributed by atoms with Crippen LogP contribution >= 0.6 is 35.3 Å². The first kappa shape index (κ1) is 22.7. The molecular weight excluding hydrogens is 447 g/mol. The second-order valence-corrected chi connectivity index (χ2v) is 7.58. The summed E-state index contributed by atoms with van der Waals surface area (Å²) in [5.74, 6) is 0.788. The third-order valence-corrected chi connectivity index (χ3v) is 5.46. The van der Waals surface area contributed by atoms with Crippen LogP contribution in [0.25, 0.3) is 0 Å². The van der Waals surface area contributed by atoms with Crippen molar-refractivity contribution in [1.29, 1.82) is 0 Å². The van der Waals surface area contributed by atoms with Gasteiger partial charge in [-0.15, -0.1) is 35.3 Å². The van der Waals surface area contributed by atoms with Gasteiger partial charge in [0.1, 0.15) is 5.60 Å². The second kappa shape index (κ2) is 12.1. The number of rotatable bonds is 9. The highest BCUT2D eigenvalue weighted by molar-refractivity contribution is 14.0. The quantitative estimate of drug-likeness (QED) is 0.220. The molecule has 7 heteroatoms. The molecule has 1 aromatic rings. The van der Waals surface area contributed by atoms with E-state index in [-0.39, 0.29) is 24.0 Å². The molecule has 0 spiro atoms. The first-order valence-electron chi connectivity index (χ1n) is 9.13. The lowest BCUT2D eigenvalue weighted by atomic mass is 10.1. The Morgan fingerprint density at radius 2 is 2.08 bits per heavy atom. The third-order valence-electron chi connectivity index (χ3n) is 4.33. The van der Waals surface area contributed by atoms with Crippen LogP contribution in [0.5, 0.6) is 0 Å². The molecule has 0 amide bonds. The van der Waals surface area contributed by atoms with E-state index in [1.54, 1.807) is 11.3 Å². The number of guanidine groups is 1. The van der Waals surface area contributed by atoms with Gasteiger partial charge in [-0.25, -0.2) is 4.99 Å². The van der Waals surface area contributed by atoms with Crippen molar-refractivity contribution in [2.24, 2.45) is 4.99 Å². The lowest BCUT2D eigenvalue weighted by Crippen LogP contribution is -2.39. The summed E-state index contributed by atoms with van der Waals surface area (Å²) in [6.45, 7) is 9.73. The van der Waals surface area contributed by atoms with Crippen LogP contribution in [0.2, 0.25) is 0 Å². The van der Waals surface area contributed by atoms with Crippen molar-refractivity contribution in [1.82, 2.24) is 15.5 Å². The van der Waals surface area contributed by atoms with Crippen molar-refractivity contribution in [3.8, 4) is 0 Å². The van der Waals surface area contributed by atoms with Crippen molar-refractivity contribution >= 4 is 41.3 Å². The molecule has 0 aliphatic carbocycles. The number of halogens is 1. The first-order valence-corrected chi connectivity index (χ1v) is 10.0. The molecule has 144 valence electrons. The lowest BCUT2D eigenvalue weighted by Gasteiger charge is -2.20. The molecule has 1 aliphatic heterocycles. The molecule has 0 aromatic carbocycles. The summed E-state index contributed by atoms with van der Waals surface area (Å²) < 4.78 is 0. The predicted molar refractivity (Wildman–Crippen MR) is 118 cm³/mol. The number of hydrogen-bond acceptors (Lipinski definition) is 4. The summed E-state index contributed by atoms with van der Waals surface area (Å²) in [5.41, 5.74) is -0.910. The van der Waals surface area contributed by atoms with Crippen LogP contribution in [-0.2, 0) is 5.60 Å². The average Bonchev–Trinajstić information content (AvgIpc) is 3.25. The number of nitrogens with one attached hydrogen (secondary N) is 2. The summed E-state index contributed by atoms with van der Waals surface area (Å²) in [7, 11) is 0. The van der Waals surface area contributed by atoms with Gasteiger partial charge in [0.05, 0.1) is 6.54 Å². The van der Waals surface area contributed by atoms with E-state index >= 15 is 0 Å². The summed E-state index contributed by atoms with van der Waals surface area (Å²) in [5, 5.41) is 19.2. The molecule has 0 radical (unpaired) electrons. The SMILES string of the molecule is CCNC(=NCC(C)(O)c1cccs1)NCCCCN1CCCC1.I. The Bertz CT molecular complexity index is 487. The Balaban J connectivity index is 0.00000312. The number of unbranched alkanes of at least 4 members (excludes halogenated alkanes) is 1. The van der Waals surface area contributed by atoms with Gasteiger partial charge >= 0.3 is 0 Å². The van der Waals surface area contributed by atoms with Crippen LogP contribution in [0.3, 0.4) is 0 Å². The van der Waals surface area contributed by atoms with Gasteiger partial charge < -0.3 is 20.6 Å². The van der Waals surface area contributed by atoms with Crippen molar-refractivity contribution < 1.29 is 5.11 Å². The van der Waals surface area contributed by atoms with Gasteiger partial charge in [0.2, 0.25) is 0 Å². The van der Waals surface area contributed by atoms with Gasteiger partial charge in [0.15, 0.2) is 5.96 Å². The van der Waals surface area contributed by atoms with E-state index in [1.807, 2.05) is 24.4 Å². The number of likely N-dealkylation sites (tertiary alicyclic amines) is 1. The molecule has 1 aliphatic rings. The molecule has 3 N–H and O–H groups in total. The van der Waals surface area contributed by atoms with E-state index < -0.39 is 5.60 Å². The van der Waals surface area contributed by atoms with Crippen LogP contribution in [0.1, 0.15) is 44.4 Å². The Morgan fingerprint density at radius 3 is 2.72 bits per heavy atom. The smallest absolute Gasteiger partial charge is 0.191 e. The van der Waals surface area contributed by atoms with E-state index in [9.17, 15) is 5.11 Å². The molecule has 25 heavy (non-hydrogen) atoms. The average molecular weight is 480 g/mol. The molecule has 0 saturated carbocycles. The van der Waals surface area contributed by atoms with E-state index in [4.69, 9.17) is 0 Å². The van der Waals surface area contributed by atoms with Gasteiger partial charge in [-0.05, 0) is 70.6 Å². The number of aliphatic hydroxyl groups is 1. The van der Waals surface area contributed by atoms with Crippen LogP contribution in [0, 0.1) is 0 Å². The highest BCUT2D eigenvalue weighted by atomic mass is 127. The molecule has 1 aromatic heterocycles. The van der Waals surface area contributed by atoms with E-state index in [0.29, 0.717) is 6.54 Å². The van der Waals surface area contributed by atoms with E-state index in [0.717, 1.165) is 30.3 Å². The molecule has 1 atom stereocenters. The van der Waals surface area contributed by atoms with Crippen LogP contribution in [0.4, 0.5) is 0 Å². The van der Waals surface area contributed by atoms with Gasteiger partial charge in [0.25, 0.3) is 0 Å². The molecule has 2 heterocycles. The predicted octanol–water partition coefficient (Wildman–Crippen LogP) is 3.00. The Hall–Kier alpha value is -0.380. The molecule has 2 rings (SSSR count). The highest BCUT2D eigenvalue weighted by Gasteiger charge is 2.23. The second-order valence-electron chi connectivity index (χ2n) is 6.63. The minimum atomic E-state index is -0.910. The fraction of sp³-hybridized carbons (Fsp3) is 0.722. The van der Waals surface area contributed by atoms with Crippen molar-refractivity contribution in [3.63, 3.8) is 0 Å². The Morgan fingerprint density at radius 1 is 1.32 bits per heavy atom. The topological polar surface area (TPSA) is 59.9 Å². The molecule has 1 saturated heterocycles. The number of thiophene rings is 1. The fourth-order valence-corrected chi connectivity index (χ4v) is 3.69. The summed E-state index contributed by atoms with van der Waals surface area (Å²) in [6.07, 6.45) is 5.08. The van der Waals surface area contributed by atoms with Gasteiger partial charge in [-0.2, -0.15) is 0 Å². The molecular formula is C18H33IN4OS. The normalized spacial score (nSPS) is 17.8. The minimum absolute atomic E-state index is 0. The number of aliphatic imine (C=N–C) groups is 1. The molecule has 1 fully saturated rings. The number of hydrogen-bond donors (Lipinski definition) is 3. The van der Waals surface area contributed by atoms with Gasteiger partial charge in [0, 0.05) is 18.0 Å². The van der Waals surface area contributed by atoms with Crippen LogP contribution < -0.4 is 10.6 Å².